The number of aliphatic hydroxyl groups is 1. The van der Waals surface area contributed by atoms with Gasteiger partial charge in [-0.05, 0) is 23.5 Å². The first-order chi connectivity index (χ1) is 7.01. The van der Waals surface area contributed by atoms with Gasteiger partial charge in [0.05, 0.1) is 6.61 Å². The van der Waals surface area contributed by atoms with Gasteiger partial charge < -0.3 is 15.4 Å². The summed E-state index contributed by atoms with van der Waals surface area (Å²) in [4.78, 5) is 3.02. The van der Waals surface area contributed by atoms with Crippen LogP contribution in [0.25, 0.3) is 0 Å². The predicted molar refractivity (Wildman–Crippen MR) is 62.6 cm³/mol. The molecule has 0 aromatic carbocycles. The molecule has 1 atom stereocenters. The molecule has 1 aromatic heterocycles. The SMILES string of the molecule is CC(C)(C)CC(CO)NCc1cc[nH]c1. The maximum atomic E-state index is 9.25. The van der Waals surface area contributed by atoms with E-state index in [1.165, 1.54) is 5.56 Å². The molecule has 0 aliphatic heterocycles. The van der Waals surface area contributed by atoms with E-state index in [0.29, 0.717) is 0 Å². The van der Waals surface area contributed by atoms with E-state index in [2.05, 4.69) is 31.1 Å². The fraction of sp³-hybridized carbons (Fsp3) is 0.667. The molecule has 86 valence electrons. The highest BCUT2D eigenvalue weighted by atomic mass is 16.3. The van der Waals surface area contributed by atoms with E-state index in [9.17, 15) is 5.11 Å². The molecule has 0 spiro atoms. The quantitative estimate of drug-likeness (QED) is 0.695. The summed E-state index contributed by atoms with van der Waals surface area (Å²) in [7, 11) is 0. The smallest absolute Gasteiger partial charge is 0.0584 e. The van der Waals surface area contributed by atoms with Gasteiger partial charge in [-0.25, -0.2) is 0 Å². The van der Waals surface area contributed by atoms with Crippen LogP contribution < -0.4 is 5.32 Å². The normalized spacial score (nSPS) is 14.1. The number of aromatic amines is 1. The average molecular weight is 210 g/mol. The minimum atomic E-state index is 0.180. The van der Waals surface area contributed by atoms with Gasteiger partial charge in [-0.2, -0.15) is 0 Å². The third-order valence-electron chi connectivity index (χ3n) is 2.34. The van der Waals surface area contributed by atoms with Crippen molar-refractivity contribution in [3.63, 3.8) is 0 Å². The van der Waals surface area contributed by atoms with Crippen LogP contribution in [0.5, 0.6) is 0 Å². The minimum Gasteiger partial charge on any atom is -0.395 e. The molecular weight excluding hydrogens is 188 g/mol. The lowest BCUT2D eigenvalue weighted by molar-refractivity contribution is 0.198. The lowest BCUT2D eigenvalue weighted by Crippen LogP contribution is -2.35. The molecule has 0 aliphatic carbocycles. The van der Waals surface area contributed by atoms with Gasteiger partial charge in [0.1, 0.15) is 0 Å². The summed E-state index contributed by atoms with van der Waals surface area (Å²) >= 11 is 0. The third-order valence-corrected chi connectivity index (χ3v) is 2.34. The van der Waals surface area contributed by atoms with E-state index >= 15 is 0 Å². The molecule has 1 unspecified atom stereocenters. The van der Waals surface area contributed by atoms with Gasteiger partial charge in [0.2, 0.25) is 0 Å². The molecular formula is C12H22N2O. The van der Waals surface area contributed by atoms with Crippen LogP contribution in [0.4, 0.5) is 0 Å². The Kier molecular flexibility index (Phi) is 4.36. The Morgan fingerprint density at radius 3 is 2.67 bits per heavy atom. The molecule has 1 rings (SSSR count). The van der Waals surface area contributed by atoms with E-state index in [4.69, 9.17) is 0 Å². The zero-order chi connectivity index (χ0) is 11.3. The Morgan fingerprint density at radius 2 is 2.20 bits per heavy atom. The number of rotatable bonds is 5. The van der Waals surface area contributed by atoms with Crippen LogP contribution in [0.3, 0.4) is 0 Å². The van der Waals surface area contributed by atoms with Gasteiger partial charge >= 0.3 is 0 Å². The van der Waals surface area contributed by atoms with E-state index in [0.717, 1.165) is 13.0 Å². The zero-order valence-electron chi connectivity index (χ0n) is 9.88. The minimum absolute atomic E-state index is 0.180. The number of hydrogen-bond acceptors (Lipinski definition) is 2. The highest BCUT2D eigenvalue weighted by Gasteiger charge is 2.17. The van der Waals surface area contributed by atoms with E-state index in [1.807, 2.05) is 18.5 Å². The molecule has 0 aliphatic rings. The Bertz CT molecular complexity index is 262. The van der Waals surface area contributed by atoms with Gasteiger partial charge in [0.25, 0.3) is 0 Å². The average Bonchev–Trinajstić information content (AvgIpc) is 2.62. The Balaban J connectivity index is 2.34. The summed E-state index contributed by atoms with van der Waals surface area (Å²) in [5.74, 6) is 0. The van der Waals surface area contributed by atoms with Crippen molar-refractivity contribution in [1.29, 1.82) is 0 Å². The summed E-state index contributed by atoms with van der Waals surface area (Å²) < 4.78 is 0. The standard InChI is InChI=1S/C12H22N2O/c1-12(2,3)6-11(9-15)14-8-10-4-5-13-7-10/h4-5,7,11,13-15H,6,8-9H2,1-3H3. The first kappa shape index (κ1) is 12.3. The van der Waals surface area contributed by atoms with Gasteiger partial charge in [-0.3, -0.25) is 0 Å². The Morgan fingerprint density at radius 1 is 1.47 bits per heavy atom. The topological polar surface area (TPSA) is 48.0 Å². The van der Waals surface area contributed by atoms with E-state index < -0.39 is 0 Å². The number of nitrogens with one attached hydrogen (secondary N) is 2. The molecule has 3 N–H and O–H groups in total. The number of hydrogen-bond donors (Lipinski definition) is 3. The number of H-pyrrole nitrogens is 1. The van der Waals surface area contributed by atoms with Crippen LogP contribution in [0, 0.1) is 5.41 Å². The summed E-state index contributed by atoms with van der Waals surface area (Å²) in [6.07, 6.45) is 4.86. The maximum Gasteiger partial charge on any atom is 0.0584 e. The predicted octanol–water partition coefficient (Wildman–Crippen LogP) is 1.90. The highest BCUT2D eigenvalue weighted by Crippen LogP contribution is 2.20. The van der Waals surface area contributed by atoms with Crippen molar-refractivity contribution in [3.8, 4) is 0 Å². The summed E-state index contributed by atoms with van der Waals surface area (Å²) in [6, 6.07) is 2.22. The molecule has 3 heteroatoms. The molecule has 3 nitrogen and oxygen atoms in total. The first-order valence-electron chi connectivity index (χ1n) is 5.47. The zero-order valence-corrected chi connectivity index (χ0v) is 9.88. The molecule has 0 radical (unpaired) electrons. The molecule has 15 heavy (non-hydrogen) atoms. The van der Waals surface area contributed by atoms with Crippen LogP contribution in [0.15, 0.2) is 18.5 Å². The fourth-order valence-corrected chi connectivity index (χ4v) is 1.67. The van der Waals surface area contributed by atoms with Crippen LogP contribution in [-0.4, -0.2) is 22.7 Å². The fourth-order valence-electron chi connectivity index (χ4n) is 1.67. The van der Waals surface area contributed by atoms with Crippen LogP contribution in [0.1, 0.15) is 32.8 Å². The van der Waals surface area contributed by atoms with Crippen molar-refractivity contribution in [1.82, 2.24) is 10.3 Å². The molecule has 0 fully saturated rings. The van der Waals surface area contributed by atoms with Crippen molar-refractivity contribution in [3.05, 3.63) is 24.0 Å². The van der Waals surface area contributed by atoms with Crippen molar-refractivity contribution < 1.29 is 5.11 Å². The second-order valence-corrected chi connectivity index (χ2v) is 5.24. The number of aliphatic hydroxyl groups excluding tert-OH is 1. The molecule has 1 heterocycles. The Labute approximate surface area is 91.9 Å². The van der Waals surface area contributed by atoms with Gasteiger partial charge in [0, 0.05) is 25.0 Å². The van der Waals surface area contributed by atoms with E-state index in [1.54, 1.807) is 0 Å². The monoisotopic (exact) mass is 210 g/mol. The lowest BCUT2D eigenvalue weighted by Gasteiger charge is -2.25. The number of aromatic nitrogens is 1. The van der Waals surface area contributed by atoms with Gasteiger partial charge in [0.15, 0.2) is 0 Å². The largest absolute Gasteiger partial charge is 0.395 e. The Hall–Kier alpha value is -0.800. The molecule has 0 saturated heterocycles. The molecule has 0 amide bonds. The van der Waals surface area contributed by atoms with Gasteiger partial charge in [-0.1, -0.05) is 20.8 Å². The molecule has 0 bridgehead atoms. The summed E-state index contributed by atoms with van der Waals surface area (Å²) in [5, 5.41) is 12.6. The van der Waals surface area contributed by atoms with Crippen LogP contribution in [-0.2, 0) is 6.54 Å². The first-order valence-corrected chi connectivity index (χ1v) is 5.47. The molecule has 0 saturated carbocycles. The van der Waals surface area contributed by atoms with Crippen LogP contribution >= 0.6 is 0 Å². The van der Waals surface area contributed by atoms with Crippen molar-refractivity contribution in [2.75, 3.05) is 6.61 Å². The maximum absolute atomic E-state index is 9.25. The molecule has 1 aromatic rings. The second-order valence-electron chi connectivity index (χ2n) is 5.24. The van der Waals surface area contributed by atoms with Gasteiger partial charge in [-0.15, -0.1) is 0 Å². The highest BCUT2D eigenvalue weighted by molar-refractivity contribution is 5.07. The lowest BCUT2D eigenvalue weighted by atomic mass is 9.88. The van der Waals surface area contributed by atoms with Crippen LogP contribution in [0.2, 0.25) is 0 Å². The second kappa shape index (κ2) is 5.33. The van der Waals surface area contributed by atoms with Crippen molar-refractivity contribution >= 4 is 0 Å². The van der Waals surface area contributed by atoms with Crippen molar-refractivity contribution in [2.45, 2.75) is 39.8 Å². The summed E-state index contributed by atoms with van der Waals surface area (Å²) in [5.41, 5.74) is 1.47. The van der Waals surface area contributed by atoms with E-state index in [-0.39, 0.29) is 18.1 Å². The van der Waals surface area contributed by atoms with Crippen molar-refractivity contribution in [2.24, 2.45) is 5.41 Å². The summed E-state index contributed by atoms with van der Waals surface area (Å²) in [6.45, 7) is 7.57. The third kappa shape index (κ3) is 5.00.